The Hall–Kier alpha value is -2.54. The lowest BCUT2D eigenvalue weighted by Crippen LogP contribution is -2.47. The molecule has 0 spiro atoms. The van der Waals surface area contributed by atoms with Gasteiger partial charge in [-0.25, -0.2) is 0 Å². The van der Waals surface area contributed by atoms with Crippen molar-refractivity contribution in [1.29, 1.82) is 0 Å². The fraction of sp³-hybridized carbons (Fsp3) is 0.417. The summed E-state index contributed by atoms with van der Waals surface area (Å²) >= 11 is 3.44. The molecule has 0 aliphatic rings. The molecule has 0 heterocycles. The van der Waals surface area contributed by atoms with Crippen LogP contribution in [0, 0.1) is 13.8 Å². The first-order valence-electron chi connectivity index (χ1n) is 10.6. The zero-order valence-electron chi connectivity index (χ0n) is 18.6. The molecule has 31 heavy (non-hydrogen) atoms. The predicted molar refractivity (Wildman–Crippen MR) is 125 cm³/mol. The summed E-state index contributed by atoms with van der Waals surface area (Å²) in [7, 11) is 0. The van der Waals surface area contributed by atoms with Crippen molar-refractivity contribution in [3.63, 3.8) is 0 Å². The Balaban J connectivity index is 1.83. The maximum absolute atomic E-state index is 12.4. The lowest BCUT2D eigenvalue weighted by molar-refractivity contribution is -0.128. The third-order valence-corrected chi connectivity index (χ3v) is 5.53. The second-order valence-corrected chi connectivity index (χ2v) is 8.36. The summed E-state index contributed by atoms with van der Waals surface area (Å²) in [6.45, 7) is 8.42. The Kier molecular flexibility index (Phi) is 9.85. The fourth-order valence-electron chi connectivity index (χ4n) is 2.81. The van der Waals surface area contributed by atoms with E-state index >= 15 is 0 Å². The number of rotatable bonds is 10. The number of carbonyl (C=O) groups is 2. The molecule has 2 amide bonds. The second kappa shape index (κ2) is 12.3. The van der Waals surface area contributed by atoms with Gasteiger partial charge in [0.1, 0.15) is 11.5 Å². The fourth-order valence-corrected chi connectivity index (χ4v) is 3.30. The molecular formula is C24H31BrN2O4. The van der Waals surface area contributed by atoms with Gasteiger partial charge in [0.2, 0.25) is 0 Å². The van der Waals surface area contributed by atoms with Crippen molar-refractivity contribution >= 4 is 27.7 Å². The van der Waals surface area contributed by atoms with Gasteiger partial charge in [0, 0.05) is 5.56 Å². The number of halogens is 1. The first-order chi connectivity index (χ1) is 14.8. The summed E-state index contributed by atoms with van der Waals surface area (Å²) in [6, 6.07) is 10.7. The van der Waals surface area contributed by atoms with Crippen LogP contribution in [-0.4, -0.2) is 24.5 Å². The van der Waals surface area contributed by atoms with Crippen molar-refractivity contribution in [3.05, 3.63) is 57.6 Å². The number of ether oxygens (including phenoxy) is 2. The molecule has 0 radical (unpaired) electrons. The van der Waals surface area contributed by atoms with Crippen molar-refractivity contribution in [2.24, 2.45) is 0 Å². The Labute approximate surface area is 192 Å². The van der Waals surface area contributed by atoms with E-state index in [0.29, 0.717) is 28.1 Å². The second-order valence-electron chi connectivity index (χ2n) is 7.50. The molecule has 0 bridgehead atoms. The minimum atomic E-state index is -0.766. The van der Waals surface area contributed by atoms with Crippen LogP contribution in [0.25, 0.3) is 0 Å². The molecule has 1 atom stereocenters. The average Bonchev–Trinajstić information content (AvgIpc) is 2.75. The number of hydrogen-bond donors (Lipinski definition) is 2. The lowest BCUT2D eigenvalue weighted by atomic mass is 10.1. The van der Waals surface area contributed by atoms with E-state index in [2.05, 4.69) is 33.7 Å². The minimum absolute atomic E-state index is 0.397. The van der Waals surface area contributed by atoms with Crippen molar-refractivity contribution in [2.75, 3.05) is 6.61 Å². The highest BCUT2D eigenvalue weighted by atomic mass is 79.9. The molecule has 2 aromatic carbocycles. The average molecular weight is 491 g/mol. The van der Waals surface area contributed by atoms with E-state index in [1.165, 1.54) is 12.8 Å². The molecule has 2 N–H and O–H groups in total. The number of benzene rings is 2. The van der Waals surface area contributed by atoms with Crippen molar-refractivity contribution < 1.29 is 19.1 Å². The minimum Gasteiger partial charge on any atom is -0.492 e. The molecule has 0 saturated carbocycles. The van der Waals surface area contributed by atoms with Gasteiger partial charge in [-0.2, -0.15) is 0 Å². The molecule has 0 aliphatic carbocycles. The predicted octanol–water partition coefficient (Wildman–Crippen LogP) is 5.25. The van der Waals surface area contributed by atoms with Crippen molar-refractivity contribution in [2.45, 2.75) is 59.5 Å². The molecule has 2 aromatic rings. The van der Waals surface area contributed by atoms with Crippen molar-refractivity contribution in [3.8, 4) is 11.5 Å². The highest BCUT2D eigenvalue weighted by Gasteiger charge is 2.17. The smallest absolute Gasteiger partial charge is 0.279 e. The zero-order chi connectivity index (χ0) is 22.8. The Morgan fingerprint density at radius 3 is 2.45 bits per heavy atom. The summed E-state index contributed by atoms with van der Waals surface area (Å²) in [4.78, 5) is 24.6. The van der Waals surface area contributed by atoms with E-state index in [9.17, 15) is 9.59 Å². The molecule has 0 saturated heterocycles. The zero-order valence-corrected chi connectivity index (χ0v) is 20.2. The Bertz CT molecular complexity index is 901. The molecule has 2 rings (SSSR count). The molecule has 168 valence electrons. The lowest BCUT2D eigenvalue weighted by Gasteiger charge is -2.16. The van der Waals surface area contributed by atoms with Gasteiger partial charge >= 0.3 is 0 Å². The van der Waals surface area contributed by atoms with E-state index in [4.69, 9.17) is 9.47 Å². The van der Waals surface area contributed by atoms with Gasteiger partial charge in [0.05, 0.1) is 11.1 Å². The Morgan fingerprint density at radius 2 is 1.77 bits per heavy atom. The highest BCUT2D eigenvalue weighted by Crippen LogP contribution is 2.26. The van der Waals surface area contributed by atoms with E-state index in [1.54, 1.807) is 25.1 Å². The van der Waals surface area contributed by atoms with Crippen molar-refractivity contribution in [1.82, 2.24) is 10.9 Å². The summed E-state index contributed by atoms with van der Waals surface area (Å²) in [6.07, 6.45) is 3.75. The van der Waals surface area contributed by atoms with Crippen LogP contribution >= 0.6 is 15.9 Å². The van der Waals surface area contributed by atoms with E-state index in [1.807, 2.05) is 32.0 Å². The topological polar surface area (TPSA) is 76.7 Å². The van der Waals surface area contributed by atoms with E-state index < -0.39 is 17.9 Å². The maximum Gasteiger partial charge on any atom is 0.279 e. The number of nitrogens with one attached hydrogen (secondary N) is 2. The van der Waals surface area contributed by atoms with Crippen LogP contribution < -0.4 is 20.3 Å². The molecule has 7 heteroatoms. The summed E-state index contributed by atoms with van der Waals surface area (Å²) in [5.41, 5.74) is 7.45. The molecule has 0 aromatic heterocycles. The standard InChI is InChI=1S/C24H31BrN2O4/c1-5-6-7-8-13-30-22-12-10-19(15-21(22)25)24(29)27-26-23(28)18(4)31-20-11-9-16(2)17(3)14-20/h9-12,14-15,18H,5-8,13H2,1-4H3,(H,26,28)(H,27,29). The quantitative estimate of drug-likeness (QED) is 0.352. The Morgan fingerprint density at radius 1 is 1.00 bits per heavy atom. The third kappa shape index (κ3) is 7.90. The van der Waals surface area contributed by atoms with Gasteiger partial charge in [0.15, 0.2) is 6.10 Å². The normalized spacial score (nSPS) is 11.5. The summed E-state index contributed by atoms with van der Waals surface area (Å²) in [5.74, 6) is 0.415. The first kappa shape index (κ1) is 24.7. The van der Waals surface area contributed by atoms with Crippen LogP contribution in [0.4, 0.5) is 0 Å². The number of amides is 2. The SMILES string of the molecule is CCCCCCOc1ccc(C(=O)NNC(=O)C(C)Oc2ccc(C)c(C)c2)cc1Br. The number of hydrogen-bond acceptors (Lipinski definition) is 4. The van der Waals surface area contributed by atoms with Crippen LogP contribution in [0.5, 0.6) is 11.5 Å². The number of unbranched alkanes of at least 4 members (excludes halogenated alkanes) is 3. The molecule has 6 nitrogen and oxygen atoms in total. The number of hydrazine groups is 1. The van der Waals surface area contributed by atoms with Crippen LogP contribution in [0.2, 0.25) is 0 Å². The highest BCUT2D eigenvalue weighted by molar-refractivity contribution is 9.10. The molecule has 0 fully saturated rings. The molecule has 1 unspecified atom stereocenters. The van der Waals surface area contributed by atoms with Crippen LogP contribution in [0.1, 0.15) is 61.0 Å². The summed E-state index contributed by atoms with van der Waals surface area (Å²) in [5, 5.41) is 0. The van der Waals surface area contributed by atoms with Gasteiger partial charge < -0.3 is 9.47 Å². The van der Waals surface area contributed by atoms with Gasteiger partial charge in [0.25, 0.3) is 11.8 Å². The van der Waals surface area contributed by atoms with Crippen LogP contribution in [-0.2, 0) is 4.79 Å². The van der Waals surface area contributed by atoms with E-state index in [-0.39, 0.29) is 0 Å². The largest absolute Gasteiger partial charge is 0.492 e. The van der Waals surface area contributed by atoms with Crippen LogP contribution in [0.3, 0.4) is 0 Å². The van der Waals surface area contributed by atoms with E-state index in [0.717, 1.165) is 24.0 Å². The van der Waals surface area contributed by atoms with Gasteiger partial charge in [-0.15, -0.1) is 0 Å². The summed E-state index contributed by atoms with van der Waals surface area (Å²) < 4.78 is 12.1. The third-order valence-electron chi connectivity index (χ3n) is 4.91. The van der Waals surface area contributed by atoms with Gasteiger partial charge in [-0.05, 0) is 84.6 Å². The van der Waals surface area contributed by atoms with Crippen LogP contribution in [0.15, 0.2) is 40.9 Å². The van der Waals surface area contributed by atoms with Gasteiger partial charge in [-0.3, -0.25) is 20.4 Å². The number of carbonyl (C=O) groups excluding carboxylic acids is 2. The first-order valence-corrected chi connectivity index (χ1v) is 11.4. The maximum atomic E-state index is 12.4. The monoisotopic (exact) mass is 490 g/mol. The molecule has 0 aliphatic heterocycles. The van der Waals surface area contributed by atoms with Gasteiger partial charge in [-0.1, -0.05) is 32.3 Å². The number of aryl methyl sites for hydroxylation is 2. The molecular weight excluding hydrogens is 460 g/mol.